The van der Waals surface area contributed by atoms with E-state index in [0.29, 0.717) is 25.8 Å². The van der Waals surface area contributed by atoms with E-state index < -0.39 is 5.41 Å². The normalized spacial score (nSPS) is 17.2. The van der Waals surface area contributed by atoms with Crippen LogP contribution in [0.2, 0.25) is 0 Å². The van der Waals surface area contributed by atoms with Crippen LogP contribution in [0.4, 0.5) is 0 Å². The topological polar surface area (TPSA) is 81.6 Å². The summed E-state index contributed by atoms with van der Waals surface area (Å²) in [6, 6.07) is 2.12. The van der Waals surface area contributed by atoms with E-state index in [0.717, 1.165) is 12.2 Å². The van der Waals surface area contributed by atoms with Crippen LogP contribution in [-0.2, 0) is 11.2 Å². The Morgan fingerprint density at radius 3 is 3.00 bits per heavy atom. The zero-order chi connectivity index (χ0) is 11.4. The molecule has 1 aromatic rings. The minimum absolute atomic E-state index is 0.132. The first-order valence-corrected chi connectivity index (χ1v) is 5.45. The molecule has 1 fully saturated rings. The summed E-state index contributed by atoms with van der Waals surface area (Å²) in [7, 11) is 0. The molecular weight excluding hydrogens is 204 g/mol. The quantitative estimate of drug-likeness (QED) is 0.782. The molecule has 1 aliphatic rings. The number of nitriles is 1. The number of carbonyl (C=O) groups is 1. The van der Waals surface area contributed by atoms with Gasteiger partial charge in [0.05, 0.1) is 6.07 Å². The first-order chi connectivity index (χ1) is 7.77. The first-order valence-electron chi connectivity index (χ1n) is 5.45. The lowest BCUT2D eigenvalue weighted by Gasteiger charge is -2.33. The molecule has 0 bridgehead atoms. The zero-order valence-corrected chi connectivity index (χ0v) is 8.99. The molecule has 0 aromatic carbocycles. The van der Waals surface area contributed by atoms with Crippen LogP contribution in [0.25, 0.3) is 0 Å². The molecule has 2 rings (SSSR count). The number of carbonyl (C=O) groups excluding carboxylic acids is 1. The van der Waals surface area contributed by atoms with Gasteiger partial charge in [-0.3, -0.25) is 4.79 Å². The predicted octanol–water partition coefficient (Wildman–Crippen LogP) is 0.762. The van der Waals surface area contributed by atoms with Crippen molar-refractivity contribution in [1.82, 2.24) is 15.3 Å². The number of nitrogens with one attached hydrogen (secondary N) is 2. The summed E-state index contributed by atoms with van der Waals surface area (Å²) in [5.74, 6) is 0.715. The van der Waals surface area contributed by atoms with Crippen molar-refractivity contribution in [2.24, 2.45) is 5.41 Å². The minimum atomic E-state index is -0.747. The van der Waals surface area contributed by atoms with Crippen molar-refractivity contribution in [1.29, 1.82) is 5.26 Å². The lowest BCUT2D eigenvalue weighted by Crippen LogP contribution is -2.45. The summed E-state index contributed by atoms with van der Waals surface area (Å²) < 4.78 is 0. The highest BCUT2D eigenvalue weighted by atomic mass is 16.2. The Labute approximate surface area is 93.9 Å². The second-order valence-corrected chi connectivity index (χ2v) is 4.09. The second-order valence-electron chi connectivity index (χ2n) is 4.09. The number of nitrogens with zero attached hydrogens (tertiary/aromatic N) is 2. The van der Waals surface area contributed by atoms with Gasteiger partial charge in [0.15, 0.2) is 0 Å². The van der Waals surface area contributed by atoms with E-state index in [-0.39, 0.29) is 5.91 Å². The number of H-pyrrole nitrogens is 1. The lowest BCUT2D eigenvalue weighted by molar-refractivity contribution is -0.131. The molecule has 1 aliphatic carbocycles. The third-order valence-corrected chi connectivity index (χ3v) is 3.06. The highest BCUT2D eigenvalue weighted by Crippen LogP contribution is 2.40. The molecule has 0 unspecified atom stereocenters. The summed E-state index contributed by atoms with van der Waals surface area (Å²) in [6.07, 6.45) is 6.45. The van der Waals surface area contributed by atoms with Gasteiger partial charge in [-0.1, -0.05) is 0 Å². The molecule has 0 saturated heterocycles. The van der Waals surface area contributed by atoms with Crippen molar-refractivity contribution < 1.29 is 4.79 Å². The highest BCUT2D eigenvalue weighted by molar-refractivity contribution is 5.86. The molecule has 16 heavy (non-hydrogen) atoms. The van der Waals surface area contributed by atoms with E-state index in [1.54, 1.807) is 12.4 Å². The van der Waals surface area contributed by atoms with Crippen molar-refractivity contribution >= 4 is 5.91 Å². The number of hydrogen-bond donors (Lipinski definition) is 2. The maximum absolute atomic E-state index is 11.7. The fourth-order valence-electron chi connectivity index (χ4n) is 1.82. The van der Waals surface area contributed by atoms with Gasteiger partial charge in [0.25, 0.3) is 0 Å². The Balaban J connectivity index is 1.78. The molecule has 0 spiro atoms. The predicted molar refractivity (Wildman–Crippen MR) is 57.2 cm³/mol. The van der Waals surface area contributed by atoms with Crippen molar-refractivity contribution in [2.45, 2.75) is 25.7 Å². The Morgan fingerprint density at radius 2 is 2.50 bits per heavy atom. The number of aromatic nitrogens is 2. The molecule has 0 aliphatic heterocycles. The Morgan fingerprint density at radius 1 is 1.69 bits per heavy atom. The molecule has 1 saturated carbocycles. The highest BCUT2D eigenvalue weighted by Gasteiger charge is 2.44. The third-order valence-electron chi connectivity index (χ3n) is 3.06. The SMILES string of the molecule is N#CC1(C(=O)NCCc2ncc[nH]2)CCC1. The maximum Gasteiger partial charge on any atom is 0.240 e. The van der Waals surface area contributed by atoms with Crippen LogP contribution in [0.15, 0.2) is 12.4 Å². The van der Waals surface area contributed by atoms with Crippen molar-refractivity contribution in [3.8, 4) is 6.07 Å². The molecule has 84 valence electrons. The molecule has 1 aromatic heterocycles. The van der Waals surface area contributed by atoms with Gasteiger partial charge in [0.2, 0.25) is 5.91 Å². The lowest BCUT2D eigenvalue weighted by atomic mass is 9.69. The summed E-state index contributed by atoms with van der Waals surface area (Å²) in [5.41, 5.74) is -0.747. The van der Waals surface area contributed by atoms with Crippen molar-refractivity contribution in [2.75, 3.05) is 6.54 Å². The van der Waals surface area contributed by atoms with Gasteiger partial charge in [-0.15, -0.1) is 0 Å². The van der Waals surface area contributed by atoms with Crippen LogP contribution in [0.1, 0.15) is 25.1 Å². The van der Waals surface area contributed by atoms with Crippen molar-refractivity contribution in [3.05, 3.63) is 18.2 Å². The van der Waals surface area contributed by atoms with Gasteiger partial charge in [-0.2, -0.15) is 5.26 Å². The largest absolute Gasteiger partial charge is 0.354 e. The van der Waals surface area contributed by atoms with Crippen LogP contribution in [0.5, 0.6) is 0 Å². The van der Waals surface area contributed by atoms with Crippen molar-refractivity contribution in [3.63, 3.8) is 0 Å². The van der Waals surface area contributed by atoms with Gasteiger partial charge >= 0.3 is 0 Å². The third kappa shape index (κ3) is 1.91. The summed E-state index contributed by atoms with van der Waals surface area (Å²) in [6.45, 7) is 0.524. The van der Waals surface area contributed by atoms with E-state index in [1.807, 2.05) is 0 Å². The van der Waals surface area contributed by atoms with Gasteiger partial charge in [-0.05, 0) is 19.3 Å². The summed E-state index contributed by atoms with van der Waals surface area (Å²) in [5, 5.41) is 11.8. The van der Waals surface area contributed by atoms with Crippen LogP contribution < -0.4 is 5.32 Å². The standard InChI is InChI=1S/C11H14N4O/c12-8-11(3-1-4-11)10(16)15-5-2-9-13-6-7-14-9/h6-7H,1-5H2,(H,13,14)(H,15,16). The summed E-state index contributed by atoms with van der Waals surface area (Å²) in [4.78, 5) is 18.8. The minimum Gasteiger partial charge on any atom is -0.354 e. The van der Waals surface area contributed by atoms with Gasteiger partial charge in [0.1, 0.15) is 11.2 Å². The van der Waals surface area contributed by atoms with E-state index in [9.17, 15) is 4.79 Å². The van der Waals surface area contributed by atoms with Crippen LogP contribution in [0, 0.1) is 16.7 Å². The molecule has 1 amide bonds. The van der Waals surface area contributed by atoms with Crippen LogP contribution in [0.3, 0.4) is 0 Å². The van der Waals surface area contributed by atoms with Gasteiger partial charge in [0, 0.05) is 25.4 Å². The molecule has 0 atom stereocenters. The number of amides is 1. The number of rotatable bonds is 4. The Kier molecular flexibility index (Phi) is 2.91. The summed E-state index contributed by atoms with van der Waals surface area (Å²) >= 11 is 0. The monoisotopic (exact) mass is 218 g/mol. The van der Waals surface area contributed by atoms with E-state index in [4.69, 9.17) is 5.26 Å². The van der Waals surface area contributed by atoms with Crippen LogP contribution in [-0.4, -0.2) is 22.4 Å². The number of imidazole rings is 1. The zero-order valence-electron chi connectivity index (χ0n) is 8.99. The smallest absolute Gasteiger partial charge is 0.240 e. The first kappa shape index (κ1) is 10.7. The van der Waals surface area contributed by atoms with E-state index in [2.05, 4.69) is 21.4 Å². The molecule has 0 radical (unpaired) electrons. The Bertz CT molecular complexity index is 400. The van der Waals surface area contributed by atoms with Gasteiger partial charge < -0.3 is 10.3 Å². The number of aromatic amines is 1. The fourth-order valence-corrected chi connectivity index (χ4v) is 1.82. The fraction of sp³-hybridized carbons (Fsp3) is 0.545. The average Bonchev–Trinajstić information content (AvgIpc) is 2.70. The second kappa shape index (κ2) is 4.35. The average molecular weight is 218 g/mol. The molecular formula is C11H14N4O. The number of hydrogen-bond acceptors (Lipinski definition) is 3. The Hall–Kier alpha value is -1.83. The molecule has 2 N–H and O–H groups in total. The van der Waals surface area contributed by atoms with Crippen LogP contribution >= 0.6 is 0 Å². The molecule has 5 heteroatoms. The van der Waals surface area contributed by atoms with Gasteiger partial charge in [-0.25, -0.2) is 4.98 Å². The van der Waals surface area contributed by atoms with E-state index in [1.165, 1.54) is 0 Å². The molecule has 5 nitrogen and oxygen atoms in total. The molecule has 1 heterocycles. The maximum atomic E-state index is 11.7. The van der Waals surface area contributed by atoms with E-state index >= 15 is 0 Å².